The van der Waals surface area contributed by atoms with Crippen LogP contribution in [0.5, 0.6) is 0 Å². The second-order valence-electron chi connectivity index (χ2n) is 1.34. The number of thiol groups is 1. The molecule has 0 aromatic heterocycles. The highest BCUT2D eigenvalue weighted by molar-refractivity contribution is 8.03. The van der Waals surface area contributed by atoms with Gasteiger partial charge < -0.3 is 4.90 Å². The van der Waals surface area contributed by atoms with E-state index in [1.807, 2.05) is 26.0 Å². The van der Waals surface area contributed by atoms with Crippen LogP contribution in [-0.4, -0.2) is 35.4 Å². The van der Waals surface area contributed by atoms with Crippen molar-refractivity contribution in [3.8, 4) is 0 Å². The first-order chi connectivity index (χ1) is 2.73. The summed E-state index contributed by atoms with van der Waals surface area (Å²) in [4.78, 5) is 2.00. The van der Waals surface area contributed by atoms with E-state index in [-0.39, 0.29) is 0 Å². The normalized spacial score (nSPS) is 7.50. The number of nitrogens with zero attached hydrogens (tertiary/aromatic N) is 1. The standard InChI is InChI=1S/C3H9N.H4SSi/c1-4(2)3;1-2/h1-3H3;1H,2H3. The molecule has 0 aliphatic heterocycles. The summed E-state index contributed by atoms with van der Waals surface area (Å²) in [5.41, 5.74) is 0. The minimum atomic E-state index is 1.00. The van der Waals surface area contributed by atoms with Crippen LogP contribution in [-0.2, 0) is 0 Å². The zero-order valence-corrected chi connectivity index (χ0v) is 7.79. The third kappa shape index (κ3) is 203. The van der Waals surface area contributed by atoms with E-state index in [2.05, 4.69) is 12.1 Å². The Labute approximate surface area is 48.2 Å². The lowest BCUT2D eigenvalue weighted by Gasteiger charge is -1.90. The zero-order chi connectivity index (χ0) is 5.58. The smallest absolute Gasteiger partial charge is 0.0652 e. The maximum absolute atomic E-state index is 3.67. The van der Waals surface area contributed by atoms with Crippen molar-refractivity contribution in [1.29, 1.82) is 0 Å². The number of hydrogen-bond donors (Lipinski definition) is 1. The molecule has 0 N–H and O–H groups in total. The van der Waals surface area contributed by atoms with E-state index in [0.717, 1.165) is 9.39 Å². The van der Waals surface area contributed by atoms with Gasteiger partial charge in [-0.1, -0.05) is 0 Å². The van der Waals surface area contributed by atoms with Crippen molar-refractivity contribution in [2.24, 2.45) is 0 Å². The largest absolute Gasteiger partial charge is 0.312 e. The minimum Gasteiger partial charge on any atom is -0.312 e. The molecule has 1 nitrogen and oxygen atoms in total. The second kappa shape index (κ2) is 9.11. The Morgan fingerprint density at radius 1 is 1.17 bits per heavy atom. The molecule has 0 aliphatic carbocycles. The van der Waals surface area contributed by atoms with Gasteiger partial charge in [-0.05, 0) is 21.1 Å². The summed E-state index contributed by atoms with van der Waals surface area (Å²) in [6.45, 7) is 0. The van der Waals surface area contributed by atoms with Gasteiger partial charge in [0, 0.05) is 0 Å². The molecule has 0 fully saturated rings. The van der Waals surface area contributed by atoms with Crippen molar-refractivity contribution >= 4 is 21.5 Å². The highest BCUT2D eigenvalue weighted by Crippen LogP contribution is 1.47. The molecule has 40 valence electrons. The lowest BCUT2D eigenvalue weighted by atomic mass is 11.0. The van der Waals surface area contributed by atoms with Crippen LogP contribution < -0.4 is 0 Å². The van der Waals surface area contributed by atoms with Crippen molar-refractivity contribution in [1.82, 2.24) is 4.90 Å². The van der Waals surface area contributed by atoms with Crippen molar-refractivity contribution in [3.63, 3.8) is 0 Å². The van der Waals surface area contributed by atoms with Crippen molar-refractivity contribution in [2.75, 3.05) is 21.1 Å². The molecule has 6 heavy (non-hydrogen) atoms. The van der Waals surface area contributed by atoms with Crippen LogP contribution in [0.15, 0.2) is 0 Å². The maximum Gasteiger partial charge on any atom is 0.0652 e. The van der Waals surface area contributed by atoms with Gasteiger partial charge in [0.05, 0.1) is 9.39 Å². The highest BCUT2D eigenvalue weighted by Gasteiger charge is 1.58. The first-order valence-corrected chi connectivity index (χ1v) is 5.37. The molecule has 0 unspecified atom stereocenters. The quantitative estimate of drug-likeness (QED) is 0.332. The van der Waals surface area contributed by atoms with Crippen LogP contribution in [0.3, 0.4) is 0 Å². The second-order valence-corrected chi connectivity index (χ2v) is 1.34. The molecule has 0 aromatic rings. The van der Waals surface area contributed by atoms with Gasteiger partial charge in [-0.2, -0.15) is 0 Å². The molecule has 0 amide bonds. The average molecular weight is 123 g/mol. The lowest BCUT2D eigenvalue weighted by molar-refractivity contribution is 0.505. The van der Waals surface area contributed by atoms with Crippen LogP contribution in [0.2, 0.25) is 0 Å². The van der Waals surface area contributed by atoms with Crippen LogP contribution >= 0.6 is 12.1 Å². The molecule has 0 bridgehead atoms. The molecule has 0 saturated carbocycles. The summed E-state index contributed by atoms with van der Waals surface area (Å²) in [7, 11) is 7.00. The fourth-order valence-corrected chi connectivity index (χ4v) is 0. The molecule has 3 heteroatoms. The molecule has 0 heterocycles. The topological polar surface area (TPSA) is 3.24 Å². The van der Waals surface area contributed by atoms with Gasteiger partial charge in [-0.25, -0.2) is 12.1 Å². The molecule has 0 aliphatic rings. The predicted molar refractivity (Wildman–Crippen MR) is 38.5 cm³/mol. The molecule has 0 saturated heterocycles. The summed E-state index contributed by atoms with van der Waals surface area (Å²) in [6.07, 6.45) is 0. The summed E-state index contributed by atoms with van der Waals surface area (Å²) < 4.78 is 0. The summed E-state index contributed by atoms with van der Waals surface area (Å²) >= 11 is 3.67. The van der Waals surface area contributed by atoms with Gasteiger partial charge in [0.15, 0.2) is 0 Å². The maximum atomic E-state index is 3.67. The first-order valence-electron chi connectivity index (χ1n) is 1.79. The summed E-state index contributed by atoms with van der Waals surface area (Å²) in [6, 6.07) is 0. The molecular weight excluding hydrogens is 110 g/mol. The van der Waals surface area contributed by atoms with Crippen LogP contribution in [0.4, 0.5) is 0 Å². The summed E-state index contributed by atoms with van der Waals surface area (Å²) in [5.74, 6) is 0. The molecule has 0 spiro atoms. The Bertz CT molecular complexity index is 15.5. The molecule has 0 aromatic carbocycles. The fourth-order valence-electron chi connectivity index (χ4n) is 0. The third-order valence-corrected chi connectivity index (χ3v) is 0. The fraction of sp³-hybridized carbons (Fsp3) is 1.00. The Morgan fingerprint density at radius 3 is 1.17 bits per heavy atom. The molecule has 0 rings (SSSR count). The van der Waals surface area contributed by atoms with Gasteiger partial charge in [0.2, 0.25) is 0 Å². The van der Waals surface area contributed by atoms with E-state index in [1.54, 1.807) is 0 Å². The van der Waals surface area contributed by atoms with Crippen LogP contribution in [0.1, 0.15) is 0 Å². The molecule has 0 atom stereocenters. The van der Waals surface area contributed by atoms with Crippen molar-refractivity contribution in [2.45, 2.75) is 0 Å². The summed E-state index contributed by atoms with van der Waals surface area (Å²) in [5, 5.41) is 0. The molecule has 0 radical (unpaired) electrons. The van der Waals surface area contributed by atoms with Crippen molar-refractivity contribution < 1.29 is 0 Å². The Kier molecular flexibility index (Phi) is 14.8. The van der Waals surface area contributed by atoms with E-state index < -0.39 is 0 Å². The van der Waals surface area contributed by atoms with Gasteiger partial charge in [0.1, 0.15) is 0 Å². The average Bonchev–Trinajstić information content (AvgIpc) is 1.41. The Hall–Kier alpha value is 0.527. The monoisotopic (exact) mass is 123 g/mol. The van der Waals surface area contributed by atoms with Crippen LogP contribution in [0.25, 0.3) is 0 Å². The van der Waals surface area contributed by atoms with Gasteiger partial charge in [0.25, 0.3) is 0 Å². The minimum absolute atomic E-state index is 1.00. The van der Waals surface area contributed by atoms with E-state index in [1.165, 1.54) is 0 Å². The van der Waals surface area contributed by atoms with Gasteiger partial charge in [-0.15, -0.1) is 0 Å². The first kappa shape index (κ1) is 9.73. The van der Waals surface area contributed by atoms with Gasteiger partial charge >= 0.3 is 0 Å². The van der Waals surface area contributed by atoms with E-state index in [9.17, 15) is 0 Å². The molecular formula is C3H13NSSi. The lowest BCUT2D eigenvalue weighted by Crippen LogP contribution is -1.99. The zero-order valence-electron chi connectivity index (χ0n) is 4.89. The predicted octanol–water partition coefficient (Wildman–Crippen LogP) is -0.626. The highest BCUT2D eigenvalue weighted by atomic mass is 32.3. The van der Waals surface area contributed by atoms with E-state index in [4.69, 9.17) is 0 Å². The third-order valence-electron chi connectivity index (χ3n) is 0. The Morgan fingerprint density at radius 2 is 1.17 bits per heavy atom. The SMILES string of the molecule is CN(C)C.[SiH3]S. The Balaban J connectivity index is 0. The van der Waals surface area contributed by atoms with Gasteiger partial charge in [-0.3, -0.25) is 0 Å². The number of hydrogen-bond acceptors (Lipinski definition) is 2. The van der Waals surface area contributed by atoms with E-state index >= 15 is 0 Å². The van der Waals surface area contributed by atoms with Crippen molar-refractivity contribution in [3.05, 3.63) is 0 Å². The number of rotatable bonds is 0. The van der Waals surface area contributed by atoms with E-state index in [0.29, 0.717) is 0 Å². The van der Waals surface area contributed by atoms with Crippen LogP contribution in [0, 0.1) is 0 Å².